The molecule has 0 unspecified atom stereocenters. The predicted molar refractivity (Wildman–Crippen MR) is 87.9 cm³/mol. The number of carbonyl (C=O) groups is 1. The van der Waals surface area contributed by atoms with E-state index >= 15 is 0 Å². The van der Waals surface area contributed by atoms with Gasteiger partial charge in [0.25, 0.3) is 0 Å². The molecule has 0 amide bonds. The van der Waals surface area contributed by atoms with Crippen molar-refractivity contribution in [2.75, 3.05) is 6.54 Å². The molecule has 1 aromatic carbocycles. The zero-order chi connectivity index (χ0) is 16.8. The molecule has 23 heavy (non-hydrogen) atoms. The number of aromatic nitrogens is 1. The summed E-state index contributed by atoms with van der Waals surface area (Å²) in [7, 11) is -3.63. The van der Waals surface area contributed by atoms with E-state index in [-0.39, 0.29) is 16.7 Å². The van der Waals surface area contributed by atoms with E-state index in [0.717, 1.165) is 11.4 Å². The van der Waals surface area contributed by atoms with Crippen molar-refractivity contribution in [3.05, 3.63) is 53.3 Å². The first-order chi connectivity index (χ1) is 10.8. The predicted octanol–water partition coefficient (Wildman–Crippen LogP) is 2.76. The third kappa shape index (κ3) is 2.62. The fourth-order valence-corrected chi connectivity index (χ4v) is 4.78. The van der Waals surface area contributed by atoms with Gasteiger partial charge in [-0.3, -0.25) is 4.79 Å². The van der Waals surface area contributed by atoms with Gasteiger partial charge in [0.2, 0.25) is 10.0 Å². The van der Waals surface area contributed by atoms with Crippen LogP contribution in [0.1, 0.15) is 41.6 Å². The van der Waals surface area contributed by atoms with Gasteiger partial charge in [0, 0.05) is 30.0 Å². The highest BCUT2D eigenvalue weighted by Crippen LogP contribution is 2.32. The lowest BCUT2D eigenvalue weighted by molar-refractivity contribution is 0.101. The summed E-state index contributed by atoms with van der Waals surface area (Å²) in [6.45, 7) is 6.43. The smallest absolute Gasteiger partial charge is 0.243 e. The van der Waals surface area contributed by atoms with E-state index in [0.29, 0.717) is 18.7 Å². The first-order valence-corrected chi connectivity index (χ1v) is 9.05. The van der Waals surface area contributed by atoms with Crippen molar-refractivity contribution >= 4 is 15.8 Å². The Kier molecular flexibility index (Phi) is 3.90. The molecule has 1 atom stereocenters. The van der Waals surface area contributed by atoms with Crippen LogP contribution in [0.4, 0.5) is 0 Å². The minimum atomic E-state index is -3.63. The van der Waals surface area contributed by atoms with Gasteiger partial charge in [-0.2, -0.15) is 4.31 Å². The molecule has 6 heteroatoms. The van der Waals surface area contributed by atoms with Crippen molar-refractivity contribution in [1.29, 1.82) is 0 Å². The Hall–Kier alpha value is -1.92. The lowest BCUT2D eigenvalue weighted by Crippen LogP contribution is -2.41. The van der Waals surface area contributed by atoms with Crippen LogP contribution < -0.4 is 0 Å². The topological polar surface area (TPSA) is 59.4 Å². The third-order valence-corrected chi connectivity index (χ3v) is 6.45. The minimum Gasteiger partial charge on any atom is -0.346 e. The average molecular weight is 332 g/mol. The van der Waals surface area contributed by atoms with E-state index in [1.54, 1.807) is 18.2 Å². The number of sulfonamides is 1. The lowest BCUT2D eigenvalue weighted by Gasteiger charge is -2.34. The van der Waals surface area contributed by atoms with E-state index in [9.17, 15) is 13.2 Å². The van der Waals surface area contributed by atoms with Crippen molar-refractivity contribution in [2.24, 2.45) is 0 Å². The molecule has 3 rings (SSSR count). The second kappa shape index (κ2) is 5.62. The molecule has 1 aromatic heterocycles. The monoisotopic (exact) mass is 332 g/mol. The first kappa shape index (κ1) is 16.0. The zero-order valence-electron chi connectivity index (χ0n) is 13.5. The number of fused-ring (bicyclic) bond motifs is 1. The van der Waals surface area contributed by atoms with Crippen molar-refractivity contribution < 1.29 is 13.2 Å². The van der Waals surface area contributed by atoms with E-state index in [1.807, 2.05) is 26.0 Å². The molecule has 5 nitrogen and oxygen atoms in total. The van der Waals surface area contributed by atoms with Crippen LogP contribution in [0.15, 0.2) is 41.3 Å². The average Bonchev–Trinajstić information content (AvgIpc) is 2.90. The van der Waals surface area contributed by atoms with E-state index in [2.05, 4.69) is 4.57 Å². The van der Waals surface area contributed by atoms with Crippen LogP contribution in [-0.2, 0) is 16.6 Å². The van der Waals surface area contributed by atoms with E-state index in [1.165, 1.54) is 17.3 Å². The zero-order valence-corrected chi connectivity index (χ0v) is 14.3. The molecular formula is C17H20N2O3S. The molecule has 0 N–H and O–H groups in total. The summed E-state index contributed by atoms with van der Waals surface area (Å²) in [5.74, 6) is -0.141. The maximum Gasteiger partial charge on any atom is 0.243 e. The van der Waals surface area contributed by atoms with Crippen molar-refractivity contribution in [3.63, 3.8) is 0 Å². The van der Waals surface area contributed by atoms with Crippen LogP contribution >= 0.6 is 0 Å². The second-order valence-corrected chi connectivity index (χ2v) is 7.82. The molecule has 122 valence electrons. The van der Waals surface area contributed by atoms with Gasteiger partial charge in [-0.1, -0.05) is 12.1 Å². The standard InChI is InChI=1S/C17H20N2O3S/c1-12-7-8-17-13(2)19(10-9-18(12)17)23(21,22)16-6-4-5-15(11-16)14(3)20/h4-8,11,13H,9-10H2,1-3H3/t13-/m0/s1. The summed E-state index contributed by atoms with van der Waals surface area (Å²) >= 11 is 0. The van der Waals surface area contributed by atoms with Crippen LogP contribution in [0, 0.1) is 6.92 Å². The summed E-state index contributed by atoms with van der Waals surface area (Å²) in [6, 6.07) is 10.0. The summed E-state index contributed by atoms with van der Waals surface area (Å²) in [6.07, 6.45) is 0. The molecule has 1 aliphatic rings. The number of ketones is 1. The molecule has 0 bridgehead atoms. The minimum absolute atomic E-state index is 0.141. The third-order valence-electron chi connectivity index (χ3n) is 4.48. The maximum atomic E-state index is 13.0. The summed E-state index contributed by atoms with van der Waals surface area (Å²) in [5.41, 5.74) is 2.55. The van der Waals surface area contributed by atoms with Gasteiger partial charge in [0.05, 0.1) is 10.9 Å². The summed E-state index contributed by atoms with van der Waals surface area (Å²) in [4.78, 5) is 11.7. The Balaban J connectivity index is 2.01. The Labute approximate surface area is 136 Å². The largest absolute Gasteiger partial charge is 0.346 e. The molecule has 1 aliphatic heterocycles. The highest BCUT2D eigenvalue weighted by atomic mass is 32.2. The van der Waals surface area contributed by atoms with Crippen LogP contribution in [-0.4, -0.2) is 29.6 Å². The number of aryl methyl sites for hydroxylation is 1. The van der Waals surface area contributed by atoms with Gasteiger partial charge >= 0.3 is 0 Å². The van der Waals surface area contributed by atoms with Crippen LogP contribution in [0.3, 0.4) is 0 Å². The van der Waals surface area contributed by atoms with Gasteiger partial charge in [0.1, 0.15) is 0 Å². The molecule has 0 radical (unpaired) electrons. The number of nitrogens with zero attached hydrogens (tertiary/aromatic N) is 2. The number of carbonyl (C=O) groups excluding carboxylic acids is 1. The van der Waals surface area contributed by atoms with Gasteiger partial charge in [-0.15, -0.1) is 0 Å². The fourth-order valence-electron chi connectivity index (χ4n) is 3.14. The molecule has 0 spiro atoms. The number of hydrogen-bond donors (Lipinski definition) is 0. The Morgan fingerprint density at radius 3 is 2.61 bits per heavy atom. The fraction of sp³-hybridized carbons (Fsp3) is 0.353. The van der Waals surface area contributed by atoms with E-state index < -0.39 is 10.0 Å². The highest BCUT2D eigenvalue weighted by Gasteiger charge is 2.34. The van der Waals surface area contributed by atoms with Crippen molar-refractivity contribution in [3.8, 4) is 0 Å². The number of benzene rings is 1. The molecule has 0 saturated carbocycles. The highest BCUT2D eigenvalue weighted by molar-refractivity contribution is 7.89. The van der Waals surface area contributed by atoms with Gasteiger partial charge in [-0.25, -0.2) is 8.42 Å². The number of Topliss-reactive ketones (excluding diaryl/α,β-unsaturated/α-hetero) is 1. The molecule has 0 saturated heterocycles. The van der Waals surface area contributed by atoms with E-state index in [4.69, 9.17) is 0 Å². The second-order valence-electron chi connectivity index (χ2n) is 5.93. The maximum absolute atomic E-state index is 13.0. The molecule has 2 heterocycles. The Morgan fingerprint density at radius 1 is 1.17 bits per heavy atom. The number of hydrogen-bond acceptors (Lipinski definition) is 3. The quantitative estimate of drug-likeness (QED) is 0.812. The summed E-state index contributed by atoms with van der Waals surface area (Å²) < 4.78 is 29.7. The van der Waals surface area contributed by atoms with Crippen molar-refractivity contribution in [2.45, 2.75) is 38.3 Å². The molecular weight excluding hydrogens is 312 g/mol. The van der Waals surface area contributed by atoms with Gasteiger partial charge in [0.15, 0.2) is 5.78 Å². The van der Waals surface area contributed by atoms with Crippen LogP contribution in [0.2, 0.25) is 0 Å². The molecule has 0 aliphatic carbocycles. The van der Waals surface area contributed by atoms with Crippen LogP contribution in [0.25, 0.3) is 0 Å². The Morgan fingerprint density at radius 2 is 1.91 bits per heavy atom. The number of rotatable bonds is 3. The summed E-state index contributed by atoms with van der Waals surface area (Å²) in [5, 5.41) is 0. The Bertz CT molecular complexity index is 868. The SMILES string of the molecule is CC(=O)c1cccc(S(=O)(=O)N2CCn3c(C)ccc3[C@@H]2C)c1. The lowest BCUT2D eigenvalue weighted by atomic mass is 10.2. The normalized spacial score (nSPS) is 18.7. The van der Waals surface area contributed by atoms with Gasteiger partial charge < -0.3 is 4.57 Å². The molecule has 2 aromatic rings. The first-order valence-electron chi connectivity index (χ1n) is 7.61. The van der Waals surface area contributed by atoms with Crippen LogP contribution in [0.5, 0.6) is 0 Å². The van der Waals surface area contributed by atoms with Gasteiger partial charge in [-0.05, 0) is 45.0 Å². The molecule has 0 fully saturated rings. The van der Waals surface area contributed by atoms with Crippen molar-refractivity contribution in [1.82, 2.24) is 8.87 Å².